The minimum atomic E-state index is -1.09. The van der Waals surface area contributed by atoms with Crippen LogP contribution in [0.3, 0.4) is 0 Å². The predicted octanol–water partition coefficient (Wildman–Crippen LogP) is 2.60. The molecule has 1 N–H and O–H groups in total. The van der Waals surface area contributed by atoms with Gasteiger partial charge in [0, 0.05) is 17.7 Å². The fourth-order valence-corrected chi connectivity index (χ4v) is 1.85. The summed E-state index contributed by atoms with van der Waals surface area (Å²) >= 11 is 0. The van der Waals surface area contributed by atoms with E-state index in [-0.39, 0.29) is 35.0 Å². The number of phenolic OH excluding ortho intramolecular Hbond substituents is 1. The predicted molar refractivity (Wildman–Crippen MR) is 86.4 cm³/mol. The summed E-state index contributed by atoms with van der Waals surface area (Å²) in [5.74, 6) is -1.48. The lowest BCUT2D eigenvalue weighted by Crippen LogP contribution is -2.31. The van der Waals surface area contributed by atoms with Crippen LogP contribution in [0.1, 0.15) is 26.7 Å². The van der Waals surface area contributed by atoms with E-state index >= 15 is 0 Å². The number of methoxy groups -OCH3 is 2. The first-order chi connectivity index (χ1) is 11.3. The van der Waals surface area contributed by atoms with Gasteiger partial charge in [0.05, 0.1) is 14.2 Å². The number of hydrogen-bond donors (Lipinski definition) is 1. The van der Waals surface area contributed by atoms with E-state index in [0.717, 1.165) is 0 Å². The number of carbonyl (C=O) groups is 2. The average molecular weight is 338 g/mol. The Morgan fingerprint density at radius 2 is 1.92 bits per heavy atom. The summed E-state index contributed by atoms with van der Waals surface area (Å²) < 4.78 is 20.4. The Hall–Kier alpha value is -2.70. The van der Waals surface area contributed by atoms with Gasteiger partial charge in [-0.05, 0) is 13.3 Å². The summed E-state index contributed by atoms with van der Waals surface area (Å²) in [6, 6.07) is 2.71. The van der Waals surface area contributed by atoms with Crippen LogP contribution in [0, 0.1) is 0 Å². The summed E-state index contributed by atoms with van der Waals surface area (Å²) in [6.07, 6.45) is -0.197. The van der Waals surface area contributed by atoms with Crippen molar-refractivity contribution in [3.8, 4) is 23.0 Å². The second-order valence-electron chi connectivity index (χ2n) is 5.06. The molecule has 132 valence electrons. The van der Waals surface area contributed by atoms with Gasteiger partial charge in [-0.25, -0.2) is 9.59 Å². The monoisotopic (exact) mass is 338 g/mol. The number of hydrogen-bond acceptors (Lipinski definition) is 7. The molecule has 0 saturated carbocycles. The molecule has 24 heavy (non-hydrogen) atoms. The summed E-state index contributed by atoms with van der Waals surface area (Å²) in [7, 11) is 2.73. The van der Waals surface area contributed by atoms with Gasteiger partial charge < -0.3 is 24.1 Å². The number of carbonyl (C=O) groups excluding carboxylic acids is 2. The van der Waals surface area contributed by atoms with Crippen molar-refractivity contribution in [1.29, 1.82) is 0 Å². The van der Waals surface area contributed by atoms with Crippen molar-refractivity contribution in [2.45, 2.75) is 32.8 Å². The Kier molecular flexibility index (Phi) is 7.10. The molecule has 0 radical (unpaired) electrons. The second kappa shape index (κ2) is 8.81. The lowest BCUT2D eigenvalue weighted by atomic mass is 10.2. The number of aromatic hydroxyl groups is 1. The van der Waals surface area contributed by atoms with Crippen LogP contribution in [0.4, 0.5) is 0 Å². The maximum atomic E-state index is 12.3. The number of phenols is 1. The Labute approximate surface area is 140 Å². The van der Waals surface area contributed by atoms with Crippen molar-refractivity contribution >= 4 is 11.9 Å². The highest BCUT2D eigenvalue weighted by Crippen LogP contribution is 2.40. The van der Waals surface area contributed by atoms with Gasteiger partial charge in [-0.2, -0.15) is 0 Å². The molecule has 1 rings (SSSR count). The summed E-state index contributed by atoms with van der Waals surface area (Å²) in [6.45, 7) is 6.80. The Morgan fingerprint density at radius 3 is 2.42 bits per heavy atom. The van der Waals surface area contributed by atoms with Crippen LogP contribution < -0.4 is 14.2 Å². The molecular formula is C17H22O7. The fraction of sp³-hybridized carbons (Fsp3) is 0.412. The van der Waals surface area contributed by atoms with E-state index in [1.165, 1.54) is 33.3 Å². The minimum absolute atomic E-state index is 0.0226. The van der Waals surface area contributed by atoms with Crippen LogP contribution in [0.25, 0.3) is 0 Å². The van der Waals surface area contributed by atoms with Crippen molar-refractivity contribution in [3.63, 3.8) is 0 Å². The number of rotatable bonds is 8. The van der Waals surface area contributed by atoms with Gasteiger partial charge in [-0.1, -0.05) is 19.9 Å². The number of esters is 2. The molecule has 0 aromatic heterocycles. The van der Waals surface area contributed by atoms with Gasteiger partial charge in [0.1, 0.15) is 5.75 Å². The second-order valence-corrected chi connectivity index (χ2v) is 5.06. The first-order valence-electron chi connectivity index (χ1n) is 7.37. The van der Waals surface area contributed by atoms with Gasteiger partial charge >= 0.3 is 11.9 Å². The molecule has 1 unspecified atom stereocenters. The van der Waals surface area contributed by atoms with Gasteiger partial charge in [-0.15, -0.1) is 0 Å². The molecule has 0 bridgehead atoms. The van der Waals surface area contributed by atoms with Crippen LogP contribution in [-0.2, 0) is 14.3 Å². The van der Waals surface area contributed by atoms with Crippen LogP contribution in [0.2, 0.25) is 0 Å². The van der Waals surface area contributed by atoms with Crippen molar-refractivity contribution in [1.82, 2.24) is 0 Å². The van der Waals surface area contributed by atoms with E-state index in [4.69, 9.17) is 18.9 Å². The van der Waals surface area contributed by atoms with E-state index in [1.54, 1.807) is 0 Å². The van der Waals surface area contributed by atoms with E-state index in [2.05, 4.69) is 6.58 Å². The van der Waals surface area contributed by atoms with Gasteiger partial charge in [0.25, 0.3) is 0 Å². The maximum absolute atomic E-state index is 12.3. The van der Waals surface area contributed by atoms with Gasteiger partial charge in [-0.3, -0.25) is 0 Å². The van der Waals surface area contributed by atoms with Crippen LogP contribution in [0.15, 0.2) is 24.3 Å². The first kappa shape index (κ1) is 19.3. The van der Waals surface area contributed by atoms with Crippen molar-refractivity contribution in [2.24, 2.45) is 0 Å². The third-order valence-corrected chi connectivity index (χ3v) is 3.07. The Balaban J connectivity index is 3.03. The molecule has 0 fully saturated rings. The van der Waals surface area contributed by atoms with E-state index in [0.29, 0.717) is 6.42 Å². The SMILES string of the molecule is C=C(C)C(=O)OC(CCC)C(=O)Oc1cc(OC)cc(O)c1OC. The number of ether oxygens (including phenoxy) is 4. The van der Waals surface area contributed by atoms with E-state index < -0.39 is 18.0 Å². The molecule has 1 aromatic rings. The molecule has 7 nitrogen and oxygen atoms in total. The fourth-order valence-electron chi connectivity index (χ4n) is 1.85. The molecule has 0 spiro atoms. The molecule has 7 heteroatoms. The van der Waals surface area contributed by atoms with Gasteiger partial charge in [0.15, 0.2) is 17.6 Å². The zero-order chi connectivity index (χ0) is 18.3. The van der Waals surface area contributed by atoms with E-state index in [1.807, 2.05) is 6.92 Å². The van der Waals surface area contributed by atoms with Gasteiger partial charge in [0.2, 0.25) is 5.75 Å². The minimum Gasteiger partial charge on any atom is -0.504 e. The zero-order valence-electron chi connectivity index (χ0n) is 14.3. The zero-order valence-corrected chi connectivity index (χ0v) is 14.3. The topological polar surface area (TPSA) is 91.3 Å². The third-order valence-electron chi connectivity index (χ3n) is 3.07. The summed E-state index contributed by atoms with van der Waals surface area (Å²) in [5.41, 5.74) is 0.181. The average Bonchev–Trinajstić information content (AvgIpc) is 2.53. The first-order valence-corrected chi connectivity index (χ1v) is 7.37. The van der Waals surface area contributed by atoms with E-state index in [9.17, 15) is 14.7 Å². The van der Waals surface area contributed by atoms with Crippen LogP contribution in [-0.4, -0.2) is 37.4 Å². The smallest absolute Gasteiger partial charge is 0.352 e. The molecule has 0 aliphatic carbocycles. The largest absolute Gasteiger partial charge is 0.504 e. The molecule has 0 amide bonds. The lowest BCUT2D eigenvalue weighted by Gasteiger charge is -2.18. The standard InChI is InChI=1S/C17H22O7/c1-6-7-13(23-16(19)10(2)3)17(20)24-14-9-11(21-4)8-12(18)15(14)22-5/h8-9,13,18H,2,6-7H2,1,3-5H3. The third kappa shape index (κ3) is 4.91. The molecular weight excluding hydrogens is 316 g/mol. The van der Waals surface area contributed by atoms with Crippen molar-refractivity contribution in [3.05, 3.63) is 24.3 Å². The summed E-state index contributed by atoms with van der Waals surface area (Å²) in [5, 5.41) is 9.88. The Morgan fingerprint density at radius 1 is 1.25 bits per heavy atom. The maximum Gasteiger partial charge on any atom is 0.352 e. The normalized spacial score (nSPS) is 11.3. The molecule has 0 aliphatic heterocycles. The van der Waals surface area contributed by atoms with Crippen molar-refractivity contribution in [2.75, 3.05) is 14.2 Å². The Bertz CT molecular complexity index is 622. The summed E-state index contributed by atoms with van der Waals surface area (Å²) in [4.78, 5) is 24.0. The molecule has 0 aliphatic rings. The highest BCUT2D eigenvalue weighted by Gasteiger charge is 2.26. The molecule has 1 aromatic carbocycles. The highest BCUT2D eigenvalue weighted by atomic mass is 16.6. The van der Waals surface area contributed by atoms with Crippen molar-refractivity contribution < 1.29 is 33.6 Å². The number of benzene rings is 1. The molecule has 1 atom stereocenters. The van der Waals surface area contributed by atoms with Crippen LogP contribution in [0.5, 0.6) is 23.0 Å². The van der Waals surface area contributed by atoms with Crippen LogP contribution >= 0.6 is 0 Å². The molecule has 0 saturated heterocycles. The molecule has 0 heterocycles. The highest BCUT2D eigenvalue weighted by molar-refractivity contribution is 5.90. The lowest BCUT2D eigenvalue weighted by molar-refractivity contribution is -0.160. The quantitative estimate of drug-likeness (QED) is 0.442.